The van der Waals surface area contributed by atoms with Gasteiger partial charge in [-0.15, -0.1) is 11.3 Å². The van der Waals surface area contributed by atoms with Crippen LogP contribution in [0.15, 0.2) is 12.1 Å². The van der Waals surface area contributed by atoms with Gasteiger partial charge in [0.2, 0.25) is 0 Å². The molecule has 2 N–H and O–H groups in total. The Balaban J connectivity index is 1.92. The summed E-state index contributed by atoms with van der Waals surface area (Å²) in [6.07, 6.45) is 2.00. The summed E-state index contributed by atoms with van der Waals surface area (Å²) in [4.78, 5) is 13.6. The highest BCUT2D eigenvalue weighted by Crippen LogP contribution is 2.20. The molecule has 1 fully saturated rings. The highest BCUT2D eigenvalue weighted by molar-refractivity contribution is 7.14. The van der Waals surface area contributed by atoms with Crippen molar-refractivity contribution in [1.29, 1.82) is 0 Å². The van der Waals surface area contributed by atoms with Crippen LogP contribution in [0, 0.1) is 17.8 Å². The van der Waals surface area contributed by atoms with Crippen molar-refractivity contribution in [2.45, 2.75) is 25.8 Å². The molecule has 0 saturated carbocycles. The average molecular weight is 293 g/mol. The molecule has 2 rings (SSSR count). The van der Waals surface area contributed by atoms with Crippen LogP contribution in [-0.2, 0) is 4.74 Å². The van der Waals surface area contributed by atoms with E-state index in [1.165, 1.54) is 11.3 Å². The van der Waals surface area contributed by atoms with Crippen molar-refractivity contribution in [3.63, 3.8) is 0 Å². The van der Waals surface area contributed by atoms with Gasteiger partial charge in [-0.1, -0.05) is 11.8 Å². The van der Waals surface area contributed by atoms with Crippen molar-refractivity contribution >= 4 is 17.2 Å². The minimum absolute atomic E-state index is 0.0500. The molecule has 0 spiro atoms. The Bertz CT molecular complexity index is 509. The van der Waals surface area contributed by atoms with Gasteiger partial charge in [-0.3, -0.25) is 4.79 Å². The monoisotopic (exact) mass is 293 g/mol. The molecule has 20 heavy (non-hydrogen) atoms. The van der Waals surface area contributed by atoms with Gasteiger partial charge in [0.1, 0.15) is 6.61 Å². The molecule has 0 aliphatic carbocycles. The van der Waals surface area contributed by atoms with Gasteiger partial charge in [0.15, 0.2) is 0 Å². The van der Waals surface area contributed by atoms with E-state index in [0.717, 1.165) is 30.9 Å². The number of hydrogen-bond acceptors (Lipinski definition) is 4. The van der Waals surface area contributed by atoms with Crippen LogP contribution in [0.1, 0.15) is 34.3 Å². The summed E-state index contributed by atoms with van der Waals surface area (Å²) >= 11 is 1.35. The molecule has 1 atom stereocenters. The van der Waals surface area contributed by atoms with Crippen molar-refractivity contribution in [2.24, 2.45) is 5.92 Å². The first kappa shape index (κ1) is 15.0. The first-order valence-corrected chi connectivity index (χ1v) is 7.60. The SMILES string of the molecule is CC(NC(=O)c1ccc(C#CCO)s1)C1CCOCC1. The van der Waals surface area contributed by atoms with Crippen LogP contribution in [0.4, 0.5) is 0 Å². The Kier molecular flexibility index (Phi) is 5.60. The van der Waals surface area contributed by atoms with Crippen LogP contribution >= 0.6 is 11.3 Å². The summed E-state index contributed by atoms with van der Waals surface area (Å²) in [6.45, 7) is 3.45. The van der Waals surface area contributed by atoms with Gasteiger partial charge in [-0.2, -0.15) is 0 Å². The van der Waals surface area contributed by atoms with Crippen LogP contribution < -0.4 is 5.32 Å². The standard InChI is InChI=1S/C15H19NO3S/c1-11(12-6-9-19-10-7-12)16-15(18)14-5-4-13(20-14)3-2-8-17/h4-5,11-12,17H,6-10H2,1H3,(H,16,18). The van der Waals surface area contributed by atoms with E-state index in [1.54, 1.807) is 12.1 Å². The number of carbonyl (C=O) groups excluding carboxylic acids is 1. The van der Waals surface area contributed by atoms with Crippen LogP contribution in [0.5, 0.6) is 0 Å². The first-order chi connectivity index (χ1) is 9.70. The van der Waals surface area contributed by atoms with Crippen molar-refractivity contribution in [1.82, 2.24) is 5.32 Å². The topological polar surface area (TPSA) is 58.6 Å². The molecule has 0 radical (unpaired) electrons. The number of nitrogens with one attached hydrogen (secondary N) is 1. The zero-order valence-electron chi connectivity index (χ0n) is 11.5. The van der Waals surface area contributed by atoms with Gasteiger partial charge < -0.3 is 15.2 Å². The molecule has 2 heterocycles. The van der Waals surface area contributed by atoms with E-state index in [-0.39, 0.29) is 18.6 Å². The molecular formula is C15H19NO3S. The van der Waals surface area contributed by atoms with Crippen molar-refractivity contribution in [2.75, 3.05) is 19.8 Å². The molecule has 108 valence electrons. The Hall–Kier alpha value is -1.35. The third-order valence-electron chi connectivity index (χ3n) is 3.45. The van der Waals surface area contributed by atoms with Crippen molar-refractivity contribution in [3.8, 4) is 11.8 Å². The average Bonchev–Trinajstić information content (AvgIpc) is 2.95. The highest BCUT2D eigenvalue weighted by atomic mass is 32.1. The number of aliphatic hydroxyl groups excluding tert-OH is 1. The lowest BCUT2D eigenvalue weighted by molar-refractivity contribution is 0.0539. The second kappa shape index (κ2) is 7.44. The number of rotatable bonds is 3. The Morgan fingerprint density at radius 3 is 3.00 bits per heavy atom. The number of carbonyl (C=O) groups is 1. The second-order valence-electron chi connectivity index (χ2n) is 4.84. The summed E-state index contributed by atoms with van der Waals surface area (Å²) in [5.74, 6) is 5.83. The molecule has 1 aromatic heterocycles. The van der Waals surface area contributed by atoms with Crippen molar-refractivity contribution in [3.05, 3.63) is 21.9 Å². The minimum Gasteiger partial charge on any atom is -0.384 e. The molecule has 4 nitrogen and oxygen atoms in total. The zero-order chi connectivity index (χ0) is 14.4. The van der Waals surface area contributed by atoms with E-state index in [9.17, 15) is 4.79 Å². The minimum atomic E-state index is -0.166. The Morgan fingerprint density at radius 2 is 2.30 bits per heavy atom. The van der Waals surface area contributed by atoms with E-state index in [4.69, 9.17) is 9.84 Å². The fourth-order valence-corrected chi connectivity index (χ4v) is 3.05. The molecule has 0 aromatic carbocycles. The number of ether oxygens (including phenoxy) is 1. The van der Waals surface area contributed by atoms with Crippen LogP contribution in [-0.4, -0.2) is 36.9 Å². The number of aliphatic hydroxyl groups is 1. The summed E-state index contributed by atoms with van der Waals surface area (Å²) < 4.78 is 5.33. The molecule has 0 bridgehead atoms. The van der Waals surface area contributed by atoms with E-state index < -0.39 is 0 Å². The third-order valence-corrected chi connectivity index (χ3v) is 4.45. The number of thiophene rings is 1. The molecule has 1 saturated heterocycles. The second-order valence-corrected chi connectivity index (χ2v) is 5.92. The van der Waals surface area contributed by atoms with Gasteiger partial charge in [-0.25, -0.2) is 0 Å². The smallest absolute Gasteiger partial charge is 0.261 e. The van der Waals surface area contributed by atoms with Crippen LogP contribution in [0.25, 0.3) is 0 Å². The fourth-order valence-electron chi connectivity index (χ4n) is 2.27. The molecule has 1 amide bonds. The fraction of sp³-hybridized carbons (Fsp3) is 0.533. The van der Waals surface area contributed by atoms with Gasteiger partial charge in [-0.05, 0) is 37.8 Å². The predicted molar refractivity (Wildman–Crippen MR) is 78.8 cm³/mol. The van der Waals surface area contributed by atoms with E-state index in [0.29, 0.717) is 10.8 Å². The van der Waals surface area contributed by atoms with Crippen LogP contribution in [0.2, 0.25) is 0 Å². The van der Waals surface area contributed by atoms with E-state index in [1.807, 2.05) is 6.92 Å². The lowest BCUT2D eigenvalue weighted by Gasteiger charge is -2.28. The van der Waals surface area contributed by atoms with Gasteiger partial charge >= 0.3 is 0 Å². The Morgan fingerprint density at radius 1 is 1.55 bits per heavy atom. The largest absolute Gasteiger partial charge is 0.384 e. The normalized spacial score (nSPS) is 17.1. The van der Waals surface area contributed by atoms with E-state index in [2.05, 4.69) is 17.2 Å². The number of amides is 1. The van der Waals surface area contributed by atoms with Gasteiger partial charge in [0.25, 0.3) is 5.91 Å². The van der Waals surface area contributed by atoms with Gasteiger partial charge in [0, 0.05) is 19.3 Å². The maximum Gasteiger partial charge on any atom is 0.261 e. The summed E-state index contributed by atoms with van der Waals surface area (Å²) in [6, 6.07) is 3.74. The quantitative estimate of drug-likeness (QED) is 0.833. The van der Waals surface area contributed by atoms with E-state index >= 15 is 0 Å². The maximum atomic E-state index is 12.2. The lowest BCUT2D eigenvalue weighted by atomic mass is 9.93. The Labute approximate surface area is 123 Å². The van der Waals surface area contributed by atoms with Crippen molar-refractivity contribution < 1.29 is 14.6 Å². The van der Waals surface area contributed by atoms with Crippen LogP contribution in [0.3, 0.4) is 0 Å². The molecular weight excluding hydrogens is 274 g/mol. The van der Waals surface area contributed by atoms with Gasteiger partial charge in [0.05, 0.1) is 9.75 Å². The summed E-state index contributed by atoms with van der Waals surface area (Å²) in [7, 11) is 0. The third kappa shape index (κ3) is 4.07. The molecule has 1 aromatic rings. The summed E-state index contributed by atoms with van der Waals surface area (Å²) in [5, 5.41) is 11.7. The number of hydrogen-bond donors (Lipinski definition) is 2. The predicted octanol–water partition coefficient (Wildman–Crippen LogP) is 1.64. The molecule has 1 aliphatic rings. The molecule has 1 unspecified atom stereocenters. The first-order valence-electron chi connectivity index (χ1n) is 6.79. The molecule has 5 heteroatoms. The lowest BCUT2D eigenvalue weighted by Crippen LogP contribution is -2.40. The highest BCUT2D eigenvalue weighted by Gasteiger charge is 2.22. The maximum absolute atomic E-state index is 12.2. The summed E-state index contributed by atoms with van der Waals surface area (Å²) in [5.41, 5.74) is 0. The zero-order valence-corrected chi connectivity index (χ0v) is 12.3. The molecule has 1 aliphatic heterocycles.